The summed E-state index contributed by atoms with van der Waals surface area (Å²) in [5.74, 6) is 0.953. The van der Waals surface area contributed by atoms with Crippen LogP contribution in [0.5, 0.6) is 0 Å². The third-order valence-corrected chi connectivity index (χ3v) is 8.52. The average molecular weight is 546 g/mol. The van der Waals surface area contributed by atoms with Crippen LogP contribution in [-0.4, -0.2) is 14.1 Å². The standard InChI is InChI=1S/C39H35N3/c1-24-18-26(3)37(27(4)19-24)30-12-14-35-33(22-30)34-23-31(13-15-36(34)42(35)32-10-8-7-9-11-32)39-40-16-17-41(39)38-28(5)20-25(2)21-29(38)6/h7-23H,1-6H3. The molecule has 0 saturated carbocycles. The zero-order valence-electron chi connectivity index (χ0n) is 25.2. The zero-order valence-corrected chi connectivity index (χ0v) is 25.2. The maximum Gasteiger partial charge on any atom is 0.144 e. The van der Waals surface area contributed by atoms with Crippen molar-refractivity contribution in [2.75, 3.05) is 0 Å². The fourth-order valence-electron chi connectivity index (χ4n) is 7.06. The molecule has 5 aromatic carbocycles. The molecule has 0 bridgehead atoms. The van der Waals surface area contributed by atoms with E-state index >= 15 is 0 Å². The number of aromatic nitrogens is 3. The van der Waals surface area contributed by atoms with Crippen LogP contribution < -0.4 is 0 Å². The summed E-state index contributed by atoms with van der Waals surface area (Å²) in [5.41, 5.74) is 16.1. The summed E-state index contributed by atoms with van der Waals surface area (Å²) in [6.07, 6.45) is 3.99. The lowest BCUT2D eigenvalue weighted by molar-refractivity contribution is 1.03. The Hall–Kier alpha value is -4.89. The highest BCUT2D eigenvalue weighted by Gasteiger charge is 2.18. The number of benzene rings is 5. The summed E-state index contributed by atoms with van der Waals surface area (Å²) in [5, 5.41) is 2.47. The molecule has 2 aromatic heterocycles. The number of fused-ring (bicyclic) bond motifs is 3. The van der Waals surface area contributed by atoms with E-state index in [0.717, 1.165) is 17.1 Å². The van der Waals surface area contributed by atoms with Gasteiger partial charge in [-0.05, 0) is 117 Å². The maximum absolute atomic E-state index is 4.87. The van der Waals surface area contributed by atoms with Crippen LogP contribution >= 0.6 is 0 Å². The van der Waals surface area contributed by atoms with Gasteiger partial charge in [0.15, 0.2) is 0 Å². The fraction of sp³-hybridized carbons (Fsp3) is 0.154. The molecule has 3 heteroatoms. The second kappa shape index (κ2) is 9.88. The molecular weight excluding hydrogens is 510 g/mol. The Morgan fingerprint density at radius 3 is 1.71 bits per heavy atom. The van der Waals surface area contributed by atoms with Crippen LogP contribution in [0.1, 0.15) is 33.4 Å². The number of hydrogen-bond donors (Lipinski definition) is 0. The van der Waals surface area contributed by atoms with Gasteiger partial charge in [-0.3, -0.25) is 4.57 Å². The average Bonchev–Trinajstić information content (AvgIpc) is 3.55. The Morgan fingerprint density at radius 1 is 0.548 bits per heavy atom. The first-order chi connectivity index (χ1) is 20.3. The highest BCUT2D eigenvalue weighted by molar-refractivity contribution is 6.11. The molecule has 0 spiro atoms. The predicted molar refractivity (Wildman–Crippen MR) is 177 cm³/mol. The Morgan fingerprint density at radius 2 is 1.10 bits per heavy atom. The molecule has 0 aliphatic rings. The molecule has 0 aliphatic heterocycles. The second-order valence-electron chi connectivity index (χ2n) is 11.8. The van der Waals surface area contributed by atoms with Crippen LogP contribution in [-0.2, 0) is 0 Å². The van der Waals surface area contributed by atoms with E-state index in [1.54, 1.807) is 0 Å². The minimum absolute atomic E-state index is 0.953. The largest absolute Gasteiger partial charge is 0.309 e. The van der Waals surface area contributed by atoms with Crippen LogP contribution in [0, 0.1) is 41.5 Å². The number of imidazole rings is 1. The van der Waals surface area contributed by atoms with Gasteiger partial charge in [0.05, 0.1) is 16.7 Å². The number of rotatable bonds is 4. The topological polar surface area (TPSA) is 22.8 Å². The molecule has 0 atom stereocenters. The van der Waals surface area contributed by atoms with Gasteiger partial charge < -0.3 is 4.57 Å². The molecular formula is C39H35N3. The van der Waals surface area contributed by atoms with Crippen molar-refractivity contribution in [1.29, 1.82) is 0 Å². The number of nitrogens with zero attached hydrogens (tertiary/aromatic N) is 3. The summed E-state index contributed by atoms with van der Waals surface area (Å²) < 4.78 is 4.62. The fourth-order valence-corrected chi connectivity index (χ4v) is 7.06. The van der Waals surface area contributed by atoms with Crippen molar-refractivity contribution in [2.24, 2.45) is 0 Å². The van der Waals surface area contributed by atoms with E-state index in [-0.39, 0.29) is 0 Å². The smallest absolute Gasteiger partial charge is 0.144 e. The van der Waals surface area contributed by atoms with Gasteiger partial charge in [0.1, 0.15) is 5.82 Å². The molecule has 0 aliphatic carbocycles. The van der Waals surface area contributed by atoms with Gasteiger partial charge in [-0.1, -0.05) is 59.7 Å². The van der Waals surface area contributed by atoms with E-state index in [2.05, 4.69) is 148 Å². The van der Waals surface area contributed by atoms with Gasteiger partial charge in [-0.25, -0.2) is 4.98 Å². The summed E-state index contributed by atoms with van der Waals surface area (Å²) in [4.78, 5) is 4.87. The molecule has 206 valence electrons. The van der Waals surface area contributed by atoms with Gasteiger partial charge in [-0.15, -0.1) is 0 Å². The minimum atomic E-state index is 0.953. The molecule has 7 aromatic rings. The van der Waals surface area contributed by atoms with E-state index < -0.39 is 0 Å². The van der Waals surface area contributed by atoms with Crippen molar-refractivity contribution in [2.45, 2.75) is 41.5 Å². The normalized spacial score (nSPS) is 11.6. The third-order valence-electron chi connectivity index (χ3n) is 8.52. The summed E-state index contributed by atoms with van der Waals surface area (Å²) in [6.45, 7) is 13.1. The van der Waals surface area contributed by atoms with Gasteiger partial charge >= 0.3 is 0 Å². The third kappa shape index (κ3) is 4.16. The van der Waals surface area contributed by atoms with Crippen molar-refractivity contribution in [3.05, 3.63) is 137 Å². The predicted octanol–water partition coefficient (Wildman–Crippen LogP) is 10.2. The minimum Gasteiger partial charge on any atom is -0.309 e. The molecule has 0 unspecified atom stereocenters. The molecule has 7 rings (SSSR count). The Balaban J connectivity index is 1.50. The van der Waals surface area contributed by atoms with Gasteiger partial charge in [0, 0.05) is 34.4 Å². The number of para-hydroxylation sites is 1. The lowest BCUT2D eigenvalue weighted by Gasteiger charge is -2.15. The lowest BCUT2D eigenvalue weighted by atomic mass is 9.93. The van der Waals surface area contributed by atoms with Crippen LogP contribution in [0.2, 0.25) is 0 Å². The van der Waals surface area contributed by atoms with E-state index in [1.807, 2.05) is 6.20 Å². The van der Waals surface area contributed by atoms with E-state index in [9.17, 15) is 0 Å². The molecule has 0 saturated heterocycles. The highest BCUT2D eigenvalue weighted by atomic mass is 15.1. The molecule has 0 amide bonds. The molecule has 0 radical (unpaired) electrons. The molecule has 0 N–H and O–H groups in total. The monoisotopic (exact) mass is 545 g/mol. The number of hydrogen-bond acceptors (Lipinski definition) is 1. The van der Waals surface area contributed by atoms with Crippen molar-refractivity contribution in [3.63, 3.8) is 0 Å². The molecule has 42 heavy (non-hydrogen) atoms. The summed E-state index contributed by atoms with van der Waals surface area (Å²) in [7, 11) is 0. The first kappa shape index (κ1) is 26.0. The first-order valence-electron chi connectivity index (χ1n) is 14.6. The van der Waals surface area contributed by atoms with E-state index in [0.29, 0.717) is 0 Å². The van der Waals surface area contributed by atoms with Crippen molar-refractivity contribution in [3.8, 4) is 33.9 Å². The lowest BCUT2D eigenvalue weighted by Crippen LogP contribution is -2.02. The van der Waals surface area contributed by atoms with Crippen molar-refractivity contribution >= 4 is 21.8 Å². The highest BCUT2D eigenvalue weighted by Crippen LogP contribution is 2.39. The molecule has 2 heterocycles. The van der Waals surface area contributed by atoms with Crippen molar-refractivity contribution < 1.29 is 0 Å². The SMILES string of the molecule is Cc1cc(C)c(-c2ccc3c(c2)c2cc(-c4nccn4-c4c(C)cc(C)cc4C)ccc2n3-c2ccccc2)c(C)c1. The Kier molecular flexibility index (Phi) is 6.13. The van der Waals surface area contributed by atoms with Gasteiger partial charge in [0.25, 0.3) is 0 Å². The van der Waals surface area contributed by atoms with Crippen LogP contribution in [0.25, 0.3) is 55.7 Å². The van der Waals surface area contributed by atoms with Crippen LogP contribution in [0.4, 0.5) is 0 Å². The summed E-state index contributed by atoms with van der Waals surface area (Å²) >= 11 is 0. The van der Waals surface area contributed by atoms with Crippen LogP contribution in [0.3, 0.4) is 0 Å². The summed E-state index contributed by atoms with van der Waals surface area (Å²) in [6, 6.07) is 33.5. The molecule has 3 nitrogen and oxygen atoms in total. The number of aryl methyl sites for hydroxylation is 6. The molecule has 0 fully saturated rings. The maximum atomic E-state index is 4.87. The Bertz CT molecular complexity index is 2090. The van der Waals surface area contributed by atoms with Crippen molar-refractivity contribution in [1.82, 2.24) is 14.1 Å². The van der Waals surface area contributed by atoms with Gasteiger partial charge in [-0.2, -0.15) is 0 Å². The van der Waals surface area contributed by atoms with Crippen LogP contribution in [0.15, 0.2) is 103 Å². The van der Waals surface area contributed by atoms with Gasteiger partial charge in [0.2, 0.25) is 0 Å². The van der Waals surface area contributed by atoms with E-state index in [4.69, 9.17) is 4.98 Å². The Labute approximate surface area is 247 Å². The first-order valence-corrected chi connectivity index (χ1v) is 14.6. The van der Waals surface area contributed by atoms with E-state index in [1.165, 1.54) is 72.0 Å². The quantitative estimate of drug-likeness (QED) is 0.216. The second-order valence-corrected chi connectivity index (χ2v) is 11.8. The zero-order chi connectivity index (χ0) is 29.1.